The highest BCUT2D eigenvalue weighted by molar-refractivity contribution is 7.99. The van der Waals surface area contributed by atoms with E-state index in [4.69, 9.17) is 11.6 Å². The minimum absolute atomic E-state index is 0.447. The summed E-state index contributed by atoms with van der Waals surface area (Å²) in [6.45, 7) is 4.31. The molecule has 104 valence electrons. The van der Waals surface area contributed by atoms with E-state index < -0.39 is 0 Å². The number of rotatable bonds is 3. The van der Waals surface area contributed by atoms with Crippen molar-refractivity contribution in [2.24, 2.45) is 5.92 Å². The Morgan fingerprint density at radius 1 is 1.47 bits per heavy atom. The van der Waals surface area contributed by atoms with Gasteiger partial charge in [0.25, 0.3) is 0 Å². The highest BCUT2D eigenvalue weighted by Crippen LogP contribution is 2.37. The first-order chi connectivity index (χ1) is 9.24. The number of nitrogens with one attached hydrogen (secondary N) is 3. The molecule has 0 aliphatic carbocycles. The van der Waals surface area contributed by atoms with Crippen molar-refractivity contribution in [3.8, 4) is 0 Å². The van der Waals surface area contributed by atoms with Crippen molar-refractivity contribution in [1.82, 2.24) is 16.2 Å². The molecule has 3 N–H and O–H groups in total. The molecule has 0 bridgehead atoms. The Bertz CT molecular complexity index is 454. The molecule has 3 atom stereocenters. The number of hydrogen-bond acceptors (Lipinski definition) is 4. The van der Waals surface area contributed by atoms with Crippen LogP contribution in [0, 0.1) is 5.92 Å². The predicted octanol–water partition coefficient (Wildman–Crippen LogP) is 2.58. The molecule has 1 aromatic carbocycles. The van der Waals surface area contributed by atoms with Crippen LogP contribution >= 0.6 is 23.4 Å². The van der Waals surface area contributed by atoms with E-state index in [0.717, 1.165) is 18.1 Å². The SMILES string of the molecule is CC1NNCC1CNC1CCSc2ccc(Cl)cc21. The number of thioether (sulfide) groups is 1. The Labute approximate surface area is 123 Å². The second kappa shape index (κ2) is 6.02. The molecule has 1 fully saturated rings. The third-order valence-electron chi connectivity index (χ3n) is 4.04. The van der Waals surface area contributed by atoms with Crippen molar-refractivity contribution in [3.63, 3.8) is 0 Å². The average molecular weight is 298 g/mol. The zero-order valence-electron chi connectivity index (χ0n) is 11.1. The summed E-state index contributed by atoms with van der Waals surface area (Å²) >= 11 is 8.07. The Hall–Kier alpha value is -0.260. The van der Waals surface area contributed by atoms with Gasteiger partial charge in [-0.05, 0) is 42.9 Å². The largest absolute Gasteiger partial charge is 0.309 e. The lowest BCUT2D eigenvalue weighted by Gasteiger charge is -2.28. The van der Waals surface area contributed by atoms with Gasteiger partial charge in [0.2, 0.25) is 0 Å². The van der Waals surface area contributed by atoms with Gasteiger partial charge in [-0.1, -0.05) is 11.6 Å². The average Bonchev–Trinajstić information content (AvgIpc) is 2.82. The van der Waals surface area contributed by atoms with E-state index in [1.165, 1.54) is 22.6 Å². The van der Waals surface area contributed by atoms with Crippen LogP contribution in [0.2, 0.25) is 5.02 Å². The van der Waals surface area contributed by atoms with Crippen molar-refractivity contribution in [3.05, 3.63) is 28.8 Å². The third kappa shape index (κ3) is 3.09. The van der Waals surface area contributed by atoms with Crippen LogP contribution in [0.3, 0.4) is 0 Å². The van der Waals surface area contributed by atoms with Gasteiger partial charge < -0.3 is 5.32 Å². The lowest BCUT2D eigenvalue weighted by molar-refractivity contribution is 0.409. The van der Waals surface area contributed by atoms with E-state index in [2.05, 4.69) is 35.2 Å². The van der Waals surface area contributed by atoms with Gasteiger partial charge in [-0.15, -0.1) is 11.8 Å². The molecule has 0 amide bonds. The summed E-state index contributed by atoms with van der Waals surface area (Å²) in [5.41, 5.74) is 7.86. The molecular weight excluding hydrogens is 278 g/mol. The normalized spacial score (nSPS) is 30.3. The van der Waals surface area contributed by atoms with Crippen molar-refractivity contribution in [1.29, 1.82) is 0 Å². The van der Waals surface area contributed by atoms with Crippen molar-refractivity contribution in [2.45, 2.75) is 30.3 Å². The fourth-order valence-electron chi connectivity index (χ4n) is 2.77. The molecule has 1 aromatic rings. The number of benzene rings is 1. The number of halogens is 1. The zero-order chi connectivity index (χ0) is 13.2. The Morgan fingerprint density at radius 3 is 3.16 bits per heavy atom. The van der Waals surface area contributed by atoms with Crippen LogP contribution < -0.4 is 16.2 Å². The summed E-state index contributed by atoms with van der Waals surface area (Å²) in [6, 6.07) is 7.24. The van der Waals surface area contributed by atoms with Crippen molar-refractivity contribution >= 4 is 23.4 Å². The fraction of sp³-hybridized carbons (Fsp3) is 0.571. The van der Waals surface area contributed by atoms with Crippen LogP contribution in [0.4, 0.5) is 0 Å². The first kappa shape index (κ1) is 13.7. The molecule has 0 aromatic heterocycles. The van der Waals surface area contributed by atoms with Crippen LogP contribution in [0.5, 0.6) is 0 Å². The summed E-state index contributed by atoms with van der Waals surface area (Å²) in [5.74, 6) is 1.83. The first-order valence-electron chi connectivity index (χ1n) is 6.88. The van der Waals surface area contributed by atoms with E-state index in [1.807, 2.05) is 17.8 Å². The molecule has 2 heterocycles. The molecule has 2 aliphatic heterocycles. The lowest BCUT2D eigenvalue weighted by Crippen LogP contribution is -2.35. The molecule has 3 unspecified atom stereocenters. The van der Waals surface area contributed by atoms with Crippen LogP contribution in [-0.4, -0.2) is 24.9 Å². The molecule has 0 spiro atoms. The fourth-order valence-corrected chi connectivity index (χ4v) is 4.05. The molecule has 0 saturated carbocycles. The standard InChI is InChI=1S/C14H20ClN3S/c1-9-10(8-17-18-9)7-16-13-4-5-19-14-3-2-11(15)6-12(13)14/h2-3,6,9-10,13,16-18H,4-5,7-8H2,1H3. The molecule has 2 aliphatic rings. The molecule has 3 rings (SSSR count). The van der Waals surface area contributed by atoms with Crippen molar-refractivity contribution < 1.29 is 0 Å². The highest BCUT2D eigenvalue weighted by Gasteiger charge is 2.25. The van der Waals surface area contributed by atoms with Crippen LogP contribution in [-0.2, 0) is 0 Å². The molecular formula is C14H20ClN3S. The maximum Gasteiger partial charge on any atom is 0.0410 e. The Morgan fingerprint density at radius 2 is 2.37 bits per heavy atom. The van der Waals surface area contributed by atoms with Crippen LogP contribution in [0.1, 0.15) is 24.9 Å². The van der Waals surface area contributed by atoms with Gasteiger partial charge in [0.05, 0.1) is 0 Å². The highest BCUT2D eigenvalue weighted by atomic mass is 35.5. The van der Waals surface area contributed by atoms with Gasteiger partial charge >= 0.3 is 0 Å². The maximum atomic E-state index is 6.14. The van der Waals surface area contributed by atoms with Gasteiger partial charge in [0.15, 0.2) is 0 Å². The topological polar surface area (TPSA) is 36.1 Å². The predicted molar refractivity (Wildman–Crippen MR) is 81.6 cm³/mol. The van der Waals surface area contributed by atoms with Crippen LogP contribution in [0.25, 0.3) is 0 Å². The molecule has 0 radical (unpaired) electrons. The number of fused-ring (bicyclic) bond motifs is 1. The Balaban J connectivity index is 1.67. The van der Waals surface area contributed by atoms with Crippen LogP contribution in [0.15, 0.2) is 23.1 Å². The molecule has 5 heteroatoms. The van der Waals surface area contributed by atoms with Gasteiger partial charge in [0.1, 0.15) is 0 Å². The molecule has 1 saturated heterocycles. The summed E-state index contributed by atoms with van der Waals surface area (Å²) < 4.78 is 0. The summed E-state index contributed by atoms with van der Waals surface area (Å²) in [4.78, 5) is 1.38. The third-order valence-corrected chi connectivity index (χ3v) is 5.40. The zero-order valence-corrected chi connectivity index (χ0v) is 12.7. The second-order valence-electron chi connectivity index (χ2n) is 5.35. The summed E-state index contributed by atoms with van der Waals surface area (Å²) in [5, 5.41) is 4.56. The van der Waals surface area contributed by atoms with Crippen molar-refractivity contribution in [2.75, 3.05) is 18.8 Å². The second-order valence-corrected chi connectivity index (χ2v) is 6.93. The number of hydrogen-bond donors (Lipinski definition) is 3. The molecule has 19 heavy (non-hydrogen) atoms. The van der Waals surface area contributed by atoms with Gasteiger partial charge in [-0.2, -0.15) is 0 Å². The van der Waals surface area contributed by atoms with E-state index >= 15 is 0 Å². The lowest BCUT2D eigenvalue weighted by atomic mass is 10.00. The maximum absolute atomic E-state index is 6.14. The van der Waals surface area contributed by atoms with E-state index in [1.54, 1.807) is 0 Å². The minimum Gasteiger partial charge on any atom is -0.309 e. The summed E-state index contributed by atoms with van der Waals surface area (Å²) in [7, 11) is 0. The summed E-state index contributed by atoms with van der Waals surface area (Å²) in [6.07, 6.45) is 1.18. The Kier molecular flexibility index (Phi) is 4.34. The quantitative estimate of drug-likeness (QED) is 0.801. The minimum atomic E-state index is 0.447. The van der Waals surface area contributed by atoms with E-state index in [9.17, 15) is 0 Å². The molecule has 3 nitrogen and oxygen atoms in total. The van der Waals surface area contributed by atoms with Gasteiger partial charge in [-0.25, -0.2) is 0 Å². The van der Waals surface area contributed by atoms with Gasteiger partial charge in [0, 0.05) is 41.0 Å². The van der Waals surface area contributed by atoms with E-state index in [-0.39, 0.29) is 0 Å². The first-order valence-corrected chi connectivity index (χ1v) is 8.24. The van der Waals surface area contributed by atoms with E-state index in [0.29, 0.717) is 18.0 Å². The monoisotopic (exact) mass is 297 g/mol. The smallest absolute Gasteiger partial charge is 0.0410 e. The number of hydrazine groups is 1. The van der Waals surface area contributed by atoms with Gasteiger partial charge in [-0.3, -0.25) is 10.9 Å².